The van der Waals surface area contributed by atoms with Gasteiger partial charge in [-0.05, 0) is 65.2 Å². The Morgan fingerprint density at radius 2 is 1.73 bits per heavy atom. The first-order valence-corrected chi connectivity index (χ1v) is 12.2. The number of aryl methyl sites for hydroxylation is 2. The van der Waals surface area contributed by atoms with Crippen molar-refractivity contribution in [3.8, 4) is 0 Å². The summed E-state index contributed by atoms with van der Waals surface area (Å²) in [5.74, 6) is -0.186. The third-order valence-corrected chi connectivity index (χ3v) is 8.26. The fraction of sp³-hybridized carbons (Fsp3) is 0.261. The van der Waals surface area contributed by atoms with E-state index in [1.807, 2.05) is 0 Å². The average molecular weight is 443 g/mol. The number of amides is 1. The molecule has 0 bridgehead atoms. The summed E-state index contributed by atoms with van der Waals surface area (Å²) in [6.07, 6.45) is 1.86. The van der Waals surface area contributed by atoms with E-state index in [1.54, 1.807) is 41.8 Å². The number of sulfonamides is 1. The largest absolute Gasteiger partial charge is 0.348 e. The molecule has 0 saturated carbocycles. The van der Waals surface area contributed by atoms with Crippen LogP contribution in [0.15, 0.2) is 64.2 Å². The van der Waals surface area contributed by atoms with Gasteiger partial charge in [-0.15, -0.1) is 11.3 Å². The van der Waals surface area contributed by atoms with Gasteiger partial charge in [0.15, 0.2) is 0 Å². The summed E-state index contributed by atoms with van der Waals surface area (Å²) in [6, 6.07) is 16.3. The lowest BCUT2D eigenvalue weighted by Crippen LogP contribution is -2.26. The maximum atomic E-state index is 12.6. The molecule has 0 spiro atoms. The minimum Gasteiger partial charge on any atom is -0.348 e. The first-order valence-electron chi connectivity index (χ1n) is 9.88. The molecule has 0 radical (unpaired) electrons. The number of hydrogen-bond donors (Lipinski definition) is 1. The average Bonchev–Trinajstić information content (AvgIpc) is 3.32. The highest BCUT2D eigenvalue weighted by atomic mass is 32.2. The van der Waals surface area contributed by atoms with Crippen LogP contribution in [0.4, 0.5) is 5.69 Å². The van der Waals surface area contributed by atoms with Gasteiger partial charge in [0.2, 0.25) is 0 Å². The summed E-state index contributed by atoms with van der Waals surface area (Å²) in [7, 11) is -2.08. The number of nitrogens with one attached hydrogen (secondary N) is 1. The molecule has 1 heterocycles. The van der Waals surface area contributed by atoms with Crippen LogP contribution in [0.1, 0.15) is 40.9 Å². The number of carbonyl (C=O) groups is 1. The lowest BCUT2D eigenvalue weighted by Gasteiger charge is -2.18. The maximum absolute atomic E-state index is 12.6. The predicted octanol–water partition coefficient (Wildman–Crippen LogP) is 4.63. The van der Waals surface area contributed by atoms with E-state index in [2.05, 4.69) is 37.4 Å². The van der Waals surface area contributed by atoms with Crippen molar-refractivity contribution in [2.24, 2.45) is 0 Å². The van der Waals surface area contributed by atoms with E-state index in [1.165, 1.54) is 33.8 Å². The quantitative estimate of drug-likeness (QED) is 0.553. The lowest BCUT2D eigenvalue weighted by molar-refractivity contribution is 0.0951. The number of rotatable bonds is 8. The van der Waals surface area contributed by atoms with Crippen molar-refractivity contribution in [1.29, 1.82) is 0 Å². The fourth-order valence-corrected chi connectivity index (χ4v) is 5.55. The first kappa shape index (κ1) is 22.1. The highest BCUT2D eigenvalue weighted by Gasteiger charge is 2.22. The van der Waals surface area contributed by atoms with Gasteiger partial charge in [-0.2, -0.15) is 0 Å². The Bertz CT molecular complexity index is 1110. The Labute approximate surface area is 182 Å². The summed E-state index contributed by atoms with van der Waals surface area (Å²) >= 11 is 1.18. The SMILES string of the molecule is CCc1ccc(CC)c(CNC(=O)c2ccc(N(C)S(=O)(=O)c3cccs3)cc2)c1. The number of benzene rings is 2. The van der Waals surface area contributed by atoms with Gasteiger partial charge >= 0.3 is 0 Å². The summed E-state index contributed by atoms with van der Waals surface area (Å²) in [6.45, 7) is 4.68. The van der Waals surface area contributed by atoms with Crippen LogP contribution in [0.5, 0.6) is 0 Å². The molecule has 0 aliphatic carbocycles. The van der Waals surface area contributed by atoms with E-state index in [-0.39, 0.29) is 10.1 Å². The fourth-order valence-electron chi connectivity index (χ4n) is 3.19. The third-order valence-electron chi connectivity index (χ3n) is 5.10. The van der Waals surface area contributed by atoms with E-state index in [4.69, 9.17) is 0 Å². The molecule has 0 unspecified atom stereocenters. The van der Waals surface area contributed by atoms with Crippen LogP contribution in [-0.4, -0.2) is 21.4 Å². The molecule has 30 heavy (non-hydrogen) atoms. The van der Waals surface area contributed by atoms with Crippen LogP contribution in [0.3, 0.4) is 0 Å². The molecule has 1 amide bonds. The smallest absolute Gasteiger partial charge is 0.273 e. The van der Waals surface area contributed by atoms with Crippen LogP contribution in [0.25, 0.3) is 0 Å². The van der Waals surface area contributed by atoms with Crippen molar-refractivity contribution < 1.29 is 13.2 Å². The monoisotopic (exact) mass is 442 g/mol. The van der Waals surface area contributed by atoms with Crippen molar-refractivity contribution in [3.05, 3.63) is 82.2 Å². The molecule has 0 atom stereocenters. The molecule has 7 heteroatoms. The van der Waals surface area contributed by atoms with E-state index in [0.29, 0.717) is 17.8 Å². The van der Waals surface area contributed by atoms with E-state index < -0.39 is 10.0 Å². The zero-order valence-corrected chi connectivity index (χ0v) is 19.0. The van der Waals surface area contributed by atoms with Gasteiger partial charge in [-0.3, -0.25) is 9.10 Å². The second kappa shape index (κ2) is 9.45. The highest BCUT2D eigenvalue weighted by molar-refractivity contribution is 7.94. The topological polar surface area (TPSA) is 66.5 Å². The first-order chi connectivity index (χ1) is 14.4. The van der Waals surface area contributed by atoms with Crippen LogP contribution in [-0.2, 0) is 29.4 Å². The summed E-state index contributed by atoms with van der Waals surface area (Å²) in [5.41, 5.74) is 4.59. The molecule has 5 nitrogen and oxygen atoms in total. The minimum absolute atomic E-state index is 0.186. The van der Waals surface area contributed by atoms with Gasteiger partial charge in [-0.1, -0.05) is 38.1 Å². The zero-order chi connectivity index (χ0) is 21.7. The van der Waals surface area contributed by atoms with E-state index in [0.717, 1.165) is 18.4 Å². The summed E-state index contributed by atoms with van der Waals surface area (Å²) < 4.78 is 26.8. The summed E-state index contributed by atoms with van der Waals surface area (Å²) in [5, 5.41) is 4.70. The number of nitrogens with zero attached hydrogens (tertiary/aromatic N) is 1. The van der Waals surface area contributed by atoms with Crippen LogP contribution < -0.4 is 9.62 Å². The molecule has 1 aromatic heterocycles. The highest BCUT2D eigenvalue weighted by Crippen LogP contribution is 2.25. The van der Waals surface area contributed by atoms with Crippen LogP contribution in [0, 0.1) is 0 Å². The zero-order valence-electron chi connectivity index (χ0n) is 17.4. The molecule has 158 valence electrons. The number of hydrogen-bond acceptors (Lipinski definition) is 4. The molecule has 2 aromatic carbocycles. The Morgan fingerprint density at radius 3 is 2.33 bits per heavy atom. The predicted molar refractivity (Wildman–Crippen MR) is 123 cm³/mol. The molecule has 3 rings (SSSR count). The van der Waals surface area contributed by atoms with Gasteiger partial charge in [0.25, 0.3) is 15.9 Å². The Kier molecular flexibility index (Phi) is 6.95. The van der Waals surface area contributed by atoms with Crippen molar-refractivity contribution in [3.63, 3.8) is 0 Å². The van der Waals surface area contributed by atoms with Gasteiger partial charge < -0.3 is 5.32 Å². The standard InChI is InChI=1S/C23H26N2O3S2/c1-4-17-8-9-18(5-2)20(15-17)16-24-23(26)19-10-12-21(13-11-19)25(3)30(27,28)22-7-6-14-29-22/h6-15H,4-5,16H2,1-3H3,(H,24,26). The van der Waals surface area contributed by atoms with Gasteiger partial charge in [0, 0.05) is 19.2 Å². The molecule has 0 aliphatic heterocycles. The minimum atomic E-state index is -3.59. The third kappa shape index (κ3) is 4.74. The number of anilines is 1. The van der Waals surface area contributed by atoms with E-state index >= 15 is 0 Å². The van der Waals surface area contributed by atoms with Crippen molar-refractivity contribution in [2.45, 2.75) is 37.4 Å². The molecule has 1 N–H and O–H groups in total. The number of thiophene rings is 1. The van der Waals surface area contributed by atoms with Gasteiger partial charge in [-0.25, -0.2) is 8.42 Å². The molecule has 0 aliphatic rings. The Hall–Kier alpha value is -2.64. The normalized spacial score (nSPS) is 11.3. The van der Waals surface area contributed by atoms with Gasteiger partial charge in [0.1, 0.15) is 4.21 Å². The van der Waals surface area contributed by atoms with E-state index in [9.17, 15) is 13.2 Å². The van der Waals surface area contributed by atoms with Crippen LogP contribution >= 0.6 is 11.3 Å². The number of carbonyl (C=O) groups excluding carboxylic acids is 1. The molecule has 3 aromatic rings. The maximum Gasteiger partial charge on any atom is 0.273 e. The van der Waals surface area contributed by atoms with Crippen molar-refractivity contribution in [2.75, 3.05) is 11.4 Å². The molecular weight excluding hydrogens is 416 g/mol. The molecule has 0 fully saturated rings. The second-order valence-corrected chi connectivity index (χ2v) is 10.1. The van der Waals surface area contributed by atoms with Crippen molar-refractivity contribution >= 4 is 33.0 Å². The van der Waals surface area contributed by atoms with Crippen LogP contribution in [0.2, 0.25) is 0 Å². The molecule has 0 saturated heterocycles. The second-order valence-electron chi connectivity index (χ2n) is 6.94. The van der Waals surface area contributed by atoms with Crippen molar-refractivity contribution in [1.82, 2.24) is 5.32 Å². The Morgan fingerprint density at radius 1 is 1.00 bits per heavy atom. The Balaban J connectivity index is 1.70. The lowest BCUT2D eigenvalue weighted by atomic mass is 10.0. The summed E-state index contributed by atoms with van der Waals surface area (Å²) in [4.78, 5) is 12.6. The van der Waals surface area contributed by atoms with Gasteiger partial charge in [0.05, 0.1) is 5.69 Å². The molecular formula is C23H26N2O3S2.